The molecule has 0 atom stereocenters. The number of carbonyl (C=O) groups excluding carboxylic acids is 1. The fourth-order valence-corrected chi connectivity index (χ4v) is 3.73. The van der Waals surface area contributed by atoms with E-state index < -0.39 is 0 Å². The van der Waals surface area contributed by atoms with Crippen LogP contribution in [0.1, 0.15) is 28.2 Å². The Labute approximate surface area is 142 Å². The average molecular weight is 340 g/mol. The molecule has 2 N–H and O–H groups in total. The molecule has 6 nitrogen and oxygen atoms in total. The van der Waals surface area contributed by atoms with E-state index in [2.05, 4.69) is 15.0 Å². The lowest BCUT2D eigenvalue weighted by Gasteiger charge is -2.31. The van der Waals surface area contributed by atoms with Crippen LogP contribution < -0.4 is 10.6 Å². The van der Waals surface area contributed by atoms with Crippen molar-refractivity contribution in [1.29, 1.82) is 0 Å². The van der Waals surface area contributed by atoms with Crippen LogP contribution >= 0.6 is 11.3 Å². The first kappa shape index (κ1) is 14.9. The van der Waals surface area contributed by atoms with Crippen molar-refractivity contribution in [3.05, 3.63) is 52.7 Å². The minimum Gasteiger partial charge on any atom is -0.366 e. The third-order valence-electron chi connectivity index (χ3n) is 4.15. The molecule has 1 aromatic carbocycles. The fourth-order valence-electron chi connectivity index (χ4n) is 3.08. The Morgan fingerprint density at radius 1 is 1.33 bits per heavy atom. The molecular formula is C17H16N4O2S. The van der Waals surface area contributed by atoms with Gasteiger partial charge in [-0.3, -0.25) is 4.79 Å². The number of primary amides is 1. The predicted molar refractivity (Wildman–Crippen MR) is 91.9 cm³/mol. The van der Waals surface area contributed by atoms with Crippen molar-refractivity contribution in [3.63, 3.8) is 0 Å². The van der Waals surface area contributed by atoms with Gasteiger partial charge in [0.25, 0.3) is 0 Å². The fraction of sp³-hybridized carbons (Fsp3) is 0.235. The van der Waals surface area contributed by atoms with Crippen LogP contribution in [0.4, 0.5) is 5.69 Å². The predicted octanol–water partition coefficient (Wildman–Crippen LogP) is 2.85. The molecule has 3 heterocycles. The molecule has 4 rings (SSSR count). The zero-order valence-corrected chi connectivity index (χ0v) is 13.8. The second kappa shape index (κ2) is 6.09. The number of hydrogen-bond donors (Lipinski definition) is 1. The number of amides is 1. The number of nitrogens with two attached hydrogens (primary N) is 1. The highest BCUT2D eigenvalue weighted by molar-refractivity contribution is 7.13. The Hall–Kier alpha value is -2.67. The van der Waals surface area contributed by atoms with Gasteiger partial charge in [0.15, 0.2) is 0 Å². The third-order valence-corrected chi connectivity index (χ3v) is 5.01. The number of anilines is 1. The van der Waals surface area contributed by atoms with Gasteiger partial charge in [0.05, 0.1) is 11.4 Å². The summed E-state index contributed by atoms with van der Waals surface area (Å²) >= 11 is 1.58. The Bertz CT molecular complexity index is 873. The molecule has 0 unspecified atom stereocenters. The van der Waals surface area contributed by atoms with Crippen molar-refractivity contribution in [1.82, 2.24) is 10.1 Å². The largest absolute Gasteiger partial charge is 0.366 e. The minimum atomic E-state index is -0.383. The van der Waals surface area contributed by atoms with Gasteiger partial charge in [-0.15, -0.1) is 11.3 Å². The molecule has 0 bridgehead atoms. The van der Waals surface area contributed by atoms with Crippen LogP contribution in [0.5, 0.6) is 0 Å². The van der Waals surface area contributed by atoms with Crippen LogP contribution in [0.3, 0.4) is 0 Å². The number of hydrogen-bond acceptors (Lipinski definition) is 6. The quantitative estimate of drug-likeness (QED) is 0.789. The summed E-state index contributed by atoms with van der Waals surface area (Å²) in [5, 5.41) is 6.03. The van der Waals surface area contributed by atoms with Gasteiger partial charge in [0.2, 0.25) is 17.6 Å². The molecule has 0 saturated carbocycles. The molecule has 3 aromatic rings. The maximum absolute atomic E-state index is 11.6. The van der Waals surface area contributed by atoms with Crippen LogP contribution in [0.25, 0.3) is 10.7 Å². The highest BCUT2D eigenvalue weighted by atomic mass is 32.1. The van der Waals surface area contributed by atoms with Crippen molar-refractivity contribution in [2.24, 2.45) is 5.73 Å². The first-order chi connectivity index (χ1) is 11.7. The van der Waals surface area contributed by atoms with Crippen molar-refractivity contribution in [2.45, 2.75) is 19.4 Å². The minimum absolute atomic E-state index is 0.383. The van der Waals surface area contributed by atoms with Gasteiger partial charge < -0.3 is 15.2 Å². The van der Waals surface area contributed by atoms with E-state index in [4.69, 9.17) is 10.3 Å². The summed E-state index contributed by atoms with van der Waals surface area (Å²) in [5.41, 5.74) is 8.13. The van der Waals surface area contributed by atoms with Crippen LogP contribution in [0.15, 0.2) is 40.2 Å². The summed E-state index contributed by atoms with van der Waals surface area (Å²) in [7, 11) is 0. The molecule has 2 aromatic heterocycles. The van der Waals surface area contributed by atoms with Crippen LogP contribution in [0, 0.1) is 0 Å². The van der Waals surface area contributed by atoms with E-state index in [1.807, 2.05) is 29.6 Å². The standard InChI is InChI=1S/C17H16N4O2S/c18-16(22)12-4-1-6-13-11(12)5-2-8-21(13)10-15-19-17(20-23-15)14-7-3-9-24-14/h1,3-4,6-7,9H,2,5,8,10H2,(H2,18,22). The number of fused-ring (bicyclic) bond motifs is 1. The smallest absolute Gasteiger partial charge is 0.249 e. The van der Waals surface area contributed by atoms with E-state index in [1.165, 1.54) is 0 Å². The summed E-state index contributed by atoms with van der Waals surface area (Å²) < 4.78 is 5.40. The lowest BCUT2D eigenvalue weighted by Crippen LogP contribution is -2.30. The van der Waals surface area contributed by atoms with E-state index in [9.17, 15) is 4.79 Å². The molecular weight excluding hydrogens is 324 g/mol. The molecule has 1 amide bonds. The lowest BCUT2D eigenvalue weighted by atomic mass is 9.96. The zero-order chi connectivity index (χ0) is 16.5. The SMILES string of the molecule is NC(=O)c1cccc2c1CCCN2Cc1nc(-c2cccs2)no1. The molecule has 24 heavy (non-hydrogen) atoms. The Balaban J connectivity index is 1.61. The monoisotopic (exact) mass is 340 g/mol. The van der Waals surface area contributed by atoms with Gasteiger partial charge in [0, 0.05) is 17.8 Å². The van der Waals surface area contributed by atoms with Gasteiger partial charge >= 0.3 is 0 Å². The Kier molecular flexibility index (Phi) is 3.78. The number of rotatable bonds is 4. The zero-order valence-electron chi connectivity index (χ0n) is 12.9. The van der Waals surface area contributed by atoms with Crippen LogP contribution in [-0.4, -0.2) is 22.6 Å². The molecule has 122 valence electrons. The maximum Gasteiger partial charge on any atom is 0.249 e. The summed E-state index contributed by atoms with van der Waals surface area (Å²) in [6.45, 7) is 1.40. The molecule has 1 aliphatic rings. The average Bonchev–Trinajstić information content (AvgIpc) is 3.25. The van der Waals surface area contributed by atoms with Crippen molar-refractivity contribution >= 4 is 22.9 Å². The second-order valence-electron chi connectivity index (χ2n) is 5.68. The highest BCUT2D eigenvalue weighted by Gasteiger charge is 2.23. The van der Waals surface area contributed by atoms with E-state index in [-0.39, 0.29) is 5.91 Å². The van der Waals surface area contributed by atoms with E-state index in [1.54, 1.807) is 17.4 Å². The molecule has 1 aliphatic heterocycles. The topological polar surface area (TPSA) is 85.3 Å². The number of nitrogens with zero attached hydrogens (tertiary/aromatic N) is 3. The van der Waals surface area contributed by atoms with E-state index in [0.29, 0.717) is 23.8 Å². The summed E-state index contributed by atoms with van der Waals surface area (Å²) in [6.07, 6.45) is 1.82. The van der Waals surface area contributed by atoms with Gasteiger partial charge in [-0.05, 0) is 42.0 Å². The van der Waals surface area contributed by atoms with Crippen LogP contribution in [-0.2, 0) is 13.0 Å². The highest BCUT2D eigenvalue weighted by Crippen LogP contribution is 2.31. The Morgan fingerprint density at radius 2 is 2.25 bits per heavy atom. The first-order valence-corrected chi connectivity index (χ1v) is 8.63. The van der Waals surface area contributed by atoms with Gasteiger partial charge in [-0.2, -0.15) is 4.98 Å². The third kappa shape index (κ3) is 2.67. The van der Waals surface area contributed by atoms with Gasteiger partial charge in [0.1, 0.15) is 0 Å². The second-order valence-corrected chi connectivity index (χ2v) is 6.63. The van der Waals surface area contributed by atoms with E-state index in [0.717, 1.165) is 35.5 Å². The summed E-state index contributed by atoms with van der Waals surface area (Å²) in [4.78, 5) is 19.3. The van der Waals surface area contributed by atoms with Gasteiger partial charge in [-0.1, -0.05) is 17.3 Å². The summed E-state index contributed by atoms with van der Waals surface area (Å²) in [5.74, 6) is 0.797. The van der Waals surface area contributed by atoms with Gasteiger partial charge in [-0.25, -0.2) is 0 Å². The normalized spacial score (nSPS) is 13.8. The lowest BCUT2D eigenvalue weighted by molar-refractivity contribution is 0.0999. The number of aromatic nitrogens is 2. The van der Waals surface area contributed by atoms with Crippen molar-refractivity contribution in [3.8, 4) is 10.7 Å². The molecule has 0 aliphatic carbocycles. The molecule has 0 saturated heterocycles. The molecule has 0 radical (unpaired) electrons. The molecule has 0 fully saturated rings. The Morgan fingerprint density at radius 3 is 3.04 bits per heavy atom. The summed E-state index contributed by atoms with van der Waals surface area (Å²) in [6, 6.07) is 9.59. The first-order valence-electron chi connectivity index (χ1n) is 7.75. The molecule has 0 spiro atoms. The number of thiophene rings is 1. The number of carbonyl (C=O) groups is 1. The van der Waals surface area contributed by atoms with Crippen LogP contribution in [0.2, 0.25) is 0 Å². The number of benzene rings is 1. The maximum atomic E-state index is 11.6. The van der Waals surface area contributed by atoms with Crippen molar-refractivity contribution in [2.75, 3.05) is 11.4 Å². The molecule has 7 heteroatoms. The van der Waals surface area contributed by atoms with E-state index >= 15 is 0 Å². The van der Waals surface area contributed by atoms with Crippen molar-refractivity contribution < 1.29 is 9.32 Å².